The summed E-state index contributed by atoms with van der Waals surface area (Å²) in [5, 5.41) is 39.5. The number of carboxylic acid groups (broad SMARTS) is 2. The Morgan fingerprint density at radius 1 is 0.826 bits per heavy atom. The van der Waals surface area contributed by atoms with Gasteiger partial charge in [0.05, 0.1) is 11.9 Å². The number of hydrogen-bond donors (Lipinski definition) is 4. The number of carbonyl (C=O) groups excluding carboxylic acids is 5. The predicted octanol–water partition coefficient (Wildman–Crippen LogP) is -6.37. The van der Waals surface area contributed by atoms with Crippen LogP contribution in [0, 0.1) is 0 Å². The number of alkyl carbamates (subject to hydrolysis) is 1. The molecule has 0 saturated carbocycles. The van der Waals surface area contributed by atoms with Crippen molar-refractivity contribution in [1.29, 1.82) is 0 Å². The van der Waals surface area contributed by atoms with Crippen LogP contribution in [0.1, 0.15) is 61.5 Å². The minimum Gasteiger partial charge on any atom is -0.546 e. The van der Waals surface area contributed by atoms with Crippen LogP contribution in [0.3, 0.4) is 0 Å². The first-order chi connectivity index (χ1) is 20.8. The third-order valence-electron chi connectivity index (χ3n) is 6.11. The van der Waals surface area contributed by atoms with E-state index in [-0.39, 0.29) is 90.9 Å². The van der Waals surface area contributed by atoms with Crippen LogP contribution in [-0.4, -0.2) is 72.4 Å². The average molecular weight is 660 g/mol. The molecule has 2 aromatic rings. The van der Waals surface area contributed by atoms with E-state index in [1.165, 1.54) is 12.1 Å². The third kappa shape index (κ3) is 16.8. The fraction of sp³-hybridized carbons (Fsp3) is 0.452. The number of nitrogens with one attached hydrogen (secondary N) is 3. The molecule has 0 radical (unpaired) electrons. The standard InChI is InChI=1S/C31H41N3O10.2Na/c1-31(2,3)44-30(42)34-24(17-20-10-6-4-7-11-20)28(39)33-23(27(38)32-14-8-5-9-15-35)18-21-12-13-25(43-19-26(36)37)22(16-21)29(40)41;;/h4,6-7,10-13,16,23-24,35H,5,8-9,14-15,17-19H2,1-3H3,(H,32,38)(H,33,39)(H,34,42)(H,36,37)(H,40,41);;/q;2*+1/p-2/t23-,24-;;/m0../s1. The molecule has 0 aliphatic carbocycles. The molecule has 3 amide bonds. The molecule has 46 heavy (non-hydrogen) atoms. The second-order valence-corrected chi connectivity index (χ2v) is 11.0. The summed E-state index contributed by atoms with van der Waals surface area (Å²) >= 11 is 0. The molecule has 0 saturated heterocycles. The molecule has 0 heterocycles. The van der Waals surface area contributed by atoms with Crippen LogP contribution in [0.5, 0.6) is 5.75 Å². The predicted molar refractivity (Wildman–Crippen MR) is 154 cm³/mol. The van der Waals surface area contributed by atoms with Gasteiger partial charge in [0.15, 0.2) is 0 Å². The topological polar surface area (TPSA) is 206 Å². The minimum absolute atomic E-state index is 0. The molecule has 13 nitrogen and oxygen atoms in total. The number of rotatable bonds is 17. The summed E-state index contributed by atoms with van der Waals surface area (Å²) in [5.41, 5.74) is -0.249. The average Bonchev–Trinajstić information content (AvgIpc) is 2.94. The Bertz CT molecular complexity index is 1290. The maximum atomic E-state index is 13.6. The molecule has 0 spiro atoms. The molecule has 0 fully saturated rings. The number of aliphatic hydroxyl groups excluding tert-OH is 1. The van der Waals surface area contributed by atoms with E-state index in [2.05, 4.69) is 16.0 Å². The number of aliphatic carboxylic acids is 1. The first-order valence-electron chi connectivity index (χ1n) is 14.2. The van der Waals surface area contributed by atoms with E-state index >= 15 is 0 Å². The Kier molecular flexibility index (Phi) is 20.7. The Labute approximate surface area is 312 Å². The maximum Gasteiger partial charge on any atom is 1.00 e. The van der Waals surface area contributed by atoms with E-state index in [0.29, 0.717) is 24.8 Å². The molecule has 2 rings (SSSR count). The van der Waals surface area contributed by atoms with E-state index in [1.54, 1.807) is 51.1 Å². The summed E-state index contributed by atoms with van der Waals surface area (Å²) in [6.07, 6.45) is 0.883. The van der Waals surface area contributed by atoms with E-state index in [0.717, 1.165) is 11.6 Å². The number of carboxylic acids is 2. The van der Waals surface area contributed by atoms with Crippen molar-refractivity contribution < 1.29 is 108 Å². The summed E-state index contributed by atoms with van der Waals surface area (Å²) in [6.45, 7) is 4.42. The molecule has 2 aromatic carbocycles. The van der Waals surface area contributed by atoms with Crippen molar-refractivity contribution in [3.63, 3.8) is 0 Å². The van der Waals surface area contributed by atoms with Gasteiger partial charge in [-0.2, -0.15) is 0 Å². The smallest absolute Gasteiger partial charge is 0.546 e. The van der Waals surface area contributed by atoms with E-state index < -0.39 is 59.7 Å². The van der Waals surface area contributed by atoms with Crippen LogP contribution >= 0.6 is 0 Å². The Morgan fingerprint density at radius 3 is 2.04 bits per heavy atom. The van der Waals surface area contributed by atoms with Gasteiger partial charge in [-0.3, -0.25) is 9.59 Å². The number of benzene rings is 2. The van der Waals surface area contributed by atoms with Crippen molar-refractivity contribution in [1.82, 2.24) is 16.0 Å². The summed E-state index contributed by atoms with van der Waals surface area (Å²) in [7, 11) is 0. The molecule has 0 aliphatic rings. The SMILES string of the molecule is CC(C)(C)OC(=O)N[C@@H](Cc1ccccc1)C(=O)N[C@@H](Cc1ccc(OCC(=O)[O-])c(C(=O)[O-])c1)C(=O)NCCCCCO.[Na+].[Na+]. The molecular formula is C31H39N3Na2O10. The second-order valence-electron chi connectivity index (χ2n) is 11.0. The van der Waals surface area contributed by atoms with Crippen LogP contribution in [0.25, 0.3) is 0 Å². The van der Waals surface area contributed by atoms with Crippen molar-refractivity contribution in [2.45, 2.75) is 70.6 Å². The van der Waals surface area contributed by atoms with Gasteiger partial charge in [0.2, 0.25) is 11.8 Å². The third-order valence-corrected chi connectivity index (χ3v) is 6.11. The first-order valence-corrected chi connectivity index (χ1v) is 14.2. The molecule has 0 aliphatic heterocycles. The zero-order valence-electron chi connectivity index (χ0n) is 27.1. The van der Waals surface area contributed by atoms with Gasteiger partial charge in [0.1, 0.15) is 30.0 Å². The number of hydrogen-bond acceptors (Lipinski definition) is 10. The van der Waals surface area contributed by atoms with Crippen molar-refractivity contribution in [2.75, 3.05) is 19.8 Å². The number of ether oxygens (including phenoxy) is 2. The van der Waals surface area contributed by atoms with Crippen molar-refractivity contribution in [2.24, 2.45) is 0 Å². The molecule has 4 N–H and O–H groups in total. The number of aromatic carboxylic acids is 1. The minimum atomic E-state index is -1.64. The maximum absolute atomic E-state index is 13.6. The fourth-order valence-electron chi connectivity index (χ4n) is 4.10. The van der Waals surface area contributed by atoms with Gasteiger partial charge >= 0.3 is 65.2 Å². The van der Waals surface area contributed by atoms with Crippen LogP contribution < -0.4 is 90.0 Å². The Hall–Kier alpha value is -2.65. The normalized spacial score (nSPS) is 11.8. The quantitative estimate of drug-likeness (QED) is 0.0934. The molecule has 0 aromatic heterocycles. The van der Waals surface area contributed by atoms with E-state index in [9.17, 15) is 34.2 Å². The largest absolute Gasteiger partial charge is 1.00 e. The van der Waals surface area contributed by atoms with Crippen LogP contribution in [0.2, 0.25) is 0 Å². The number of unbranched alkanes of at least 4 members (excludes halogenated alkanes) is 2. The van der Waals surface area contributed by atoms with Gasteiger partial charge in [-0.05, 0) is 63.3 Å². The zero-order valence-corrected chi connectivity index (χ0v) is 31.1. The van der Waals surface area contributed by atoms with Crippen molar-refractivity contribution in [3.8, 4) is 5.75 Å². The fourth-order valence-corrected chi connectivity index (χ4v) is 4.10. The number of carbonyl (C=O) groups is 5. The number of aliphatic hydroxyl groups is 1. The summed E-state index contributed by atoms with van der Waals surface area (Å²) in [4.78, 5) is 61.9. The summed E-state index contributed by atoms with van der Waals surface area (Å²) in [6, 6.07) is 10.4. The summed E-state index contributed by atoms with van der Waals surface area (Å²) < 4.78 is 10.3. The van der Waals surface area contributed by atoms with E-state index in [1.807, 2.05) is 0 Å². The Balaban J connectivity index is 0.0000101. The Morgan fingerprint density at radius 2 is 1.46 bits per heavy atom. The number of amides is 3. The molecular weight excluding hydrogens is 620 g/mol. The molecule has 240 valence electrons. The molecule has 0 bridgehead atoms. The first kappa shape index (κ1) is 43.4. The molecule has 0 unspecified atom stereocenters. The van der Waals surface area contributed by atoms with Gasteiger partial charge in [0.25, 0.3) is 0 Å². The van der Waals surface area contributed by atoms with E-state index in [4.69, 9.17) is 14.6 Å². The second kappa shape index (κ2) is 22.0. The van der Waals surface area contributed by atoms with Crippen LogP contribution in [0.4, 0.5) is 4.79 Å². The van der Waals surface area contributed by atoms with Gasteiger partial charge < -0.3 is 50.3 Å². The van der Waals surface area contributed by atoms with Crippen molar-refractivity contribution in [3.05, 3.63) is 65.2 Å². The van der Waals surface area contributed by atoms with Gasteiger partial charge in [0, 0.05) is 31.6 Å². The van der Waals surface area contributed by atoms with Gasteiger partial charge in [-0.15, -0.1) is 0 Å². The van der Waals surface area contributed by atoms with Crippen molar-refractivity contribution >= 4 is 29.8 Å². The monoisotopic (exact) mass is 659 g/mol. The van der Waals surface area contributed by atoms with Crippen LogP contribution in [-0.2, 0) is 32.0 Å². The zero-order chi connectivity index (χ0) is 32.7. The van der Waals surface area contributed by atoms with Gasteiger partial charge in [-0.25, -0.2) is 4.79 Å². The van der Waals surface area contributed by atoms with Crippen LogP contribution in [0.15, 0.2) is 48.5 Å². The molecule has 2 atom stereocenters. The summed E-state index contributed by atoms with van der Waals surface area (Å²) in [5.74, 6) is -4.71. The van der Waals surface area contributed by atoms with Gasteiger partial charge in [-0.1, -0.05) is 36.4 Å². The molecule has 15 heteroatoms.